The van der Waals surface area contributed by atoms with Crippen LogP contribution in [0.4, 0.5) is 0 Å². The number of hydrogen-bond acceptors (Lipinski definition) is 4. The molecule has 0 saturated heterocycles. The number of pyridine rings is 1. The second-order valence-corrected chi connectivity index (χ2v) is 3.81. The van der Waals surface area contributed by atoms with E-state index in [4.69, 9.17) is 5.84 Å². The zero-order valence-electron chi connectivity index (χ0n) is 10.1. The molecule has 2 aromatic rings. The van der Waals surface area contributed by atoms with E-state index >= 15 is 0 Å². The summed E-state index contributed by atoms with van der Waals surface area (Å²) in [7, 11) is 0. The lowest BCUT2D eigenvalue weighted by molar-refractivity contribution is 0.0948. The van der Waals surface area contributed by atoms with Crippen molar-refractivity contribution in [1.82, 2.24) is 20.0 Å². The topological polar surface area (TPSA) is 85.8 Å². The highest BCUT2D eigenvalue weighted by Crippen LogP contribution is 2.05. The van der Waals surface area contributed by atoms with Crippen LogP contribution in [-0.4, -0.2) is 20.4 Å². The van der Waals surface area contributed by atoms with Crippen LogP contribution in [0.25, 0.3) is 0 Å². The molecule has 0 fully saturated rings. The standard InChI is InChI=1S/C12H15N5O/c1-2-11-14-6-7-17(11)8-9-4-3-5-10(15-9)12(18)16-13/h3-7H,2,8,13H2,1H3,(H,16,18). The van der Waals surface area contributed by atoms with E-state index in [-0.39, 0.29) is 0 Å². The quantitative estimate of drug-likeness (QED) is 0.466. The maximum Gasteiger partial charge on any atom is 0.283 e. The van der Waals surface area contributed by atoms with Crippen molar-refractivity contribution in [3.8, 4) is 0 Å². The number of nitrogen functional groups attached to an aromatic ring is 1. The molecule has 1 amide bonds. The molecule has 94 valence electrons. The van der Waals surface area contributed by atoms with E-state index in [1.165, 1.54) is 0 Å². The molecule has 0 saturated carbocycles. The number of imidazole rings is 1. The van der Waals surface area contributed by atoms with Crippen LogP contribution in [-0.2, 0) is 13.0 Å². The number of nitrogens with two attached hydrogens (primary N) is 1. The number of hydrazine groups is 1. The molecule has 6 heteroatoms. The van der Waals surface area contributed by atoms with Crippen LogP contribution in [0.15, 0.2) is 30.6 Å². The Labute approximate surface area is 105 Å². The normalized spacial score (nSPS) is 10.3. The van der Waals surface area contributed by atoms with Gasteiger partial charge in [-0.05, 0) is 12.1 Å². The van der Waals surface area contributed by atoms with Gasteiger partial charge in [0.2, 0.25) is 0 Å². The third-order valence-corrected chi connectivity index (χ3v) is 2.62. The zero-order valence-corrected chi connectivity index (χ0v) is 10.1. The highest BCUT2D eigenvalue weighted by molar-refractivity contribution is 5.91. The van der Waals surface area contributed by atoms with E-state index in [0.717, 1.165) is 17.9 Å². The average Bonchev–Trinajstić information content (AvgIpc) is 2.85. The lowest BCUT2D eigenvalue weighted by Crippen LogP contribution is -2.30. The van der Waals surface area contributed by atoms with Crippen LogP contribution in [0, 0.1) is 0 Å². The first kappa shape index (κ1) is 12.3. The number of nitrogens with one attached hydrogen (secondary N) is 1. The third-order valence-electron chi connectivity index (χ3n) is 2.62. The van der Waals surface area contributed by atoms with Crippen LogP contribution in [0.5, 0.6) is 0 Å². The second kappa shape index (κ2) is 5.42. The molecule has 2 heterocycles. The third kappa shape index (κ3) is 2.54. The van der Waals surface area contributed by atoms with Crippen molar-refractivity contribution in [2.24, 2.45) is 5.84 Å². The predicted octanol–water partition coefficient (Wildman–Crippen LogP) is 0.492. The van der Waals surface area contributed by atoms with Crippen molar-refractivity contribution in [3.63, 3.8) is 0 Å². The number of aryl methyl sites for hydroxylation is 1. The molecule has 0 aromatic carbocycles. The van der Waals surface area contributed by atoms with E-state index in [1.807, 2.05) is 23.8 Å². The minimum atomic E-state index is -0.391. The number of hydrogen-bond donors (Lipinski definition) is 2. The van der Waals surface area contributed by atoms with Gasteiger partial charge in [0, 0.05) is 18.8 Å². The summed E-state index contributed by atoms with van der Waals surface area (Å²) in [5, 5.41) is 0. The number of carbonyl (C=O) groups is 1. The molecular weight excluding hydrogens is 230 g/mol. The Bertz CT molecular complexity index is 549. The molecular formula is C12H15N5O. The first-order valence-corrected chi connectivity index (χ1v) is 5.71. The maximum atomic E-state index is 11.4. The summed E-state index contributed by atoms with van der Waals surface area (Å²) in [6.07, 6.45) is 4.52. The van der Waals surface area contributed by atoms with Crippen molar-refractivity contribution in [2.45, 2.75) is 19.9 Å². The smallest absolute Gasteiger partial charge is 0.283 e. The number of aromatic nitrogens is 3. The largest absolute Gasteiger partial charge is 0.329 e. The van der Waals surface area contributed by atoms with Gasteiger partial charge in [0.25, 0.3) is 5.91 Å². The summed E-state index contributed by atoms with van der Waals surface area (Å²) >= 11 is 0. The van der Waals surface area contributed by atoms with E-state index in [9.17, 15) is 4.79 Å². The molecule has 2 aromatic heterocycles. The van der Waals surface area contributed by atoms with Gasteiger partial charge < -0.3 is 4.57 Å². The van der Waals surface area contributed by atoms with Gasteiger partial charge in [-0.25, -0.2) is 15.8 Å². The molecule has 0 aliphatic heterocycles. The van der Waals surface area contributed by atoms with Gasteiger partial charge in [0.15, 0.2) is 0 Å². The summed E-state index contributed by atoms with van der Waals surface area (Å²) in [4.78, 5) is 19.9. The summed E-state index contributed by atoms with van der Waals surface area (Å²) in [6, 6.07) is 5.28. The SMILES string of the molecule is CCc1nccn1Cc1cccc(C(=O)NN)n1. The number of rotatable bonds is 4. The fourth-order valence-electron chi connectivity index (χ4n) is 1.74. The van der Waals surface area contributed by atoms with E-state index in [2.05, 4.69) is 15.4 Å². The van der Waals surface area contributed by atoms with Gasteiger partial charge in [-0.15, -0.1) is 0 Å². The Balaban J connectivity index is 2.22. The lowest BCUT2D eigenvalue weighted by Gasteiger charge is -2.07. The molecule has 0 spiro atoms. The Morgan fingerprint density at radius 3 is 3.06 bits per heavy atom. The van der Waals surface area contributed by atoms with Crippen molar-refractivity contribution in [1.29, 1.82) is 0 Å². The van der Waals surface area contributed by atoms with Crippen LogP contribution in [0.2, 0.25) is 0 Å². The number of nitrogens with zero attached hydrogens (tertiary/aromatic N) is 3. The van der Waals surface area contributed by atoms with Gasteiger partial charge in [-0.3, -0.25) is 10.2 Å². The Hall–Kier alpha value is -2.21. The summed E-state index contributed by atoms with van der Waals surface area (Å²) in [6.45, 7) is 2.64. The second-order valence-electron chi connectivity index (χ2n) is 3.81. The highest BCUT2D eigenvalue weighted by Gasteiger charge is 2.07. The first-order valence-electron chi connectivity index (χ1n) is 5.71. The van der Waals surface area contributed by atoms with Crippen LogP contribution >= 0.6 is 0 Å². The summed E-state index contributed by atoms with van der Waals surface area (Å²) < 4.78 is 2.01. The Kier molecular flexibility index (Phi) is 3.69. The lowest BCUT2D eigenvalue weighted by atomic mass is 10.3. The molecule has 0 aliphatic carbocycles. The molecule has 2 rings (SSSR count). The van der Waals surface area contributed by atoms with Crippen molar-refractivity contribution in [2.75, 3.05) is 0 Å². The average molecular weight is 245 g/mol. The fourth-order valence-corrected chi connectivity index (χ4v) is 1.74. The molecule has 0 atom stereocenters. The van der Waals surface area contributed by atoms with E-state index < -0.39 is 5.91 Å². The molecule has 3 N–H and O–H groups in total. The zero-order chi connectivity index (χ0) is 13.0. The molecule has 0 radical (unpaired) electrons. The van der Waals surface area contributed by atoms with Crippen molar-refractivity contribution >= 4 is 5.91 Å². The van der Waals surface area contributed by atoms with Gasteiger partial charge in [-0.2, -0.15) is 0 Å². The summed E-state index contributed by atoms with van der Waals surface area (Å²) in [5.41, 5.74) is 3.18. The van der Waals surface area contributed by atoms with Gasteiger partial charge in [0.05, 0.1) is 12.2 Å². The predicted molar refractivity (Wildman–Crippen MR) is 66.6 cm³/mol. The minimum Gasteiger partial charge on any atom is -0.329 e. The van der Waals surface area contributed by atoms with Crippen molar-refractivity contribution < 1.29 is 4.79 Å². The van der Waals surface area contributed by atoms with E-state index in [0.29, 0.717) is 12.2 Å². The fraction of sp³-hybridized carbons (Fsp3) is 0.250. The molecule has 0 aliphatic rings. The maximum absolute atomic E-state index is 11.4. The van der Waals surface area contributed by atoms with E-state index in [1.54, 1.807) is 18.3 Å². The monoisotopic (exact) mass is 245 g/mol. The molecule has 0 bridgehead atoms. The van der Waals surface area contributed by atoms with Gasteiger partial charge in [-0.1, -0.05) is 13.0 Å². The minimum absolute atomic E-state index is 0.313. The van der Waals surface area contributed by atoms with Gasteiger partial charge >= 0.3 is 0 Å². The molecule has 6 nitrogen and oxygen atoms in total. The number of amides is 1. The molecule has 18 heavy (non-hydrogen) atoms. The first-order chi connectivity index (χ1) is 8.74. The van der Waals surface area contributed by atoms with Gasteiger partial charge in [0.1, 0.15) is 11.5 Å². The Morgan fingerprint density at radius 2 is 2.33 bits per heavy atom. The van der Waals surface area contributed by atoms with Crippen LogP contribution in [0.3, 0.4) is 0 Å². The van der Waals surface area contributed by atoms with Crippen molar-refractivity contribution in [3.05, 3.63) is 47.8 Å². The summed E-state index contributed by atoms with van der Waals surface area (Å²) in [5.74, 6) is 5.68. The Morgan fingerprint density at radius 1 is 1.50 bits per heavy atom. The molecule has 0 unspecified atom stereocenters. The highest BCUT2D eigenvalue weighted by atomic mass is 16.2. The van der Waals surface area contributed by atoms with Crippen LogP contribution < -0.4 is 11.3 Å². The van der Waals surface area contributed by atoms with Crippen LogP contribution in [0.1, 0.15) is 28.9 Å². The number of carbonyl (C=O) groups excluding carboxylic acids is 1.